The lowest BCUT2D eigenvalue weighted by Crippen LogP contribution is -1.91. The highest BCUT2D eigenvalue weighted by atomic mass is 32.1. The van der Waals surface area contributed by atoms with E-state index in [1.807, 2.05) is 25.1 Å². The highest BCUT2D eigenvalue weighted by Gasteiger charge is 2.11. The summed E-state index contributed by atoms with van der Waals surface area (Å²) in [6, 6.07) is 5.76. The number of nitrogens with one attached hydrogen (secondary N) is 1. The van der Waals surface area contributed by atoms with Gasteiger partial charge in [0.2, 0.25) is 0 Å². The zero-order chi connectivity index (χ0) is 13.1. The molecule has 1 heterocycles. The molecule has 2 rings (SSSR count). The van der Waals surface area contributed by atoms with Gasteiger partial charge < -0.3 is 14.5 Å². The summed E-state index contributed by atoms with van der Waals surface area (Å²) in [4.78, 5) is 7.70. The van der Waals surface area contributed by atoms with Crippen LogP contribution in [-0.4, -0.2) is 24.2 Å². The summed E-state index contributed by atoms with van der Waals surface area (Å²) in [6.07, 6.45) is 0. The van der Waals surface area contributed by atoms with E-state index < -0.39 is 0 Å². The topological polar surface area (TPSA) is 47.1 Å². The van der Waals surface area contributed by atoms with Gasteiger partial charge in [-0.3, -0.25) is 0 Å². The number of aromatic amines is 1. The number of nitrogens with zero attached hydrogens (tertiary/aromatic N) is 1. The summed E-state index contributed by atoms with van der Waals surface area (Å²) in [5, 5.41) is 0. The fraction of sp³-hybridized carbons (Fsp3) is 0.308. The van der Waals surface area contributed by atoms with E-state index in [1.165, 1.54) is 0 Å². The van der Waals surface area contributed by atoms with Gasteiger partial charge in [-0.1, -0.05) is 0 Å². The van der Waals surface area contributed by atoms with Crippen LogP contribution in [0.2, 0.25) is 0 Å². The molecule has 2 aromatic rings. The standard InChI is InChI=1S/C13H16N2O2S/c1-8-13(15-12(7-18)14-8)9-4-5-10(16-2)11(6-9)17-3/h4-6,18H,7H2,1-3H3,(H,14,15). The number of rotatable bonds is 4. The molecule has 1 aromatic carbocycles. The van der Waals surface area contributed by atoms with Crippen LogP contribution in [0.5, 0.6) is 11.5 Å². The minimum Gasteiger partial charge on any atom is -0.493 e. The minimum atomic E-state index is 0.591. The fourth-order valence-corrected chi connectivity index (χ4v) is 2.01. The average molecular weight is 264 g/mol. The molecule has 0 saturated heterocycles. The molecule has 0 unspecified atom stereocenters. The third kappa shape index (κ3) is 2.31. The molecule has 0 radical (unpaired) electrons. The van der Waals surface area contributed by atoms with Crippen molar-refractivity contribution in [1.82, 2.24) is 9.97 Å². The molecule has 0 spiro atoms. The van der Waals surface area contributed by atoms with Crippen molar-refractivity contribution in [3.05, 3.63) is 29.7 Å². The van der Waals surface area contributed by atoms with Gasteiger partial charge in [0.1, 0.15) is 5.82 Å². The van der Waals surface area contributed by atoms with Gasteiger partial charge in [0.15, 0.2) is 11.5 Å². The van der Waals surface area contributed by atoms with E-state index in [-0.39, 0.29) is 0 Å². The molecule has 1 aromatic heterocycles. The monoisotopic (exact) mass is 264 g/mol. The SMILES string of the molecule is COc1ccc(-c2nc(CS)[nH]c2C)cc1OC. The number of methoxy groups -OCH3 is 2. The van der Waals surface area contributed by atoms with E-state index >= 15 is 0 Å². The number of ether oxygens (including phenoxy) is 2. The highest BCUT2D eigenvalue weighted by Crippen LogP contribution is 2.32. The van der Waals surface area contributed by atoms with E-state index in [9.17, 15) is 0 Å². The minimum absolute atomic E-state index is 0.591. The van der Waals surface area contributed by atoms with Crippen molar-refractivity contribution in [3.8, 4) is 22.8 Å². The molecule has 96 valence electrons. The lowest BCUT2D eigenvalue weighted by Gasteiger charge is -2.08. The van der Waals surface area contributed by atoms with E-state index in [4.69, 9.17) is 9.47 Å². The average Bonchev–Trinajstić information content (AvgIpc) is 2.79. The first-order valence-electron chi connectivity index (χ1n) is 5.58. The molecule has 0 aliphatic rings. The van der Waals surface area contributed by atoms with E-state index in [1.54, 1.807) is 14.2 Å². The third-order valence-corrected chi connectivity index (χ3v) is 3.04. The molecular weight excluding hydrogens is 248 g/mol. The smallest absolute Gasteiger partial charge is 0.161 e. The van der Waals surface area contributed by atoms with Crippen LogP contribution in [0.4, 0.5) is 0 Å². The number of H-pyrrole nitrogens is 1. The normalized spacial score (nSPS) is 10.4. The van der Waals surface area contributed by atoms with Gasteiger partial charge in [-0.05, 0) is 25.1 Å². The van der Waals surface area contributed by atoms with Crippen LogP contribution in [0.1, 0.15) is 11.5 Å². The van der Waals surface area contributed by atoms with Crippen LogP contribution in [0.3, 0.4) is 0 Å². The van der Waals surface area contributed by atoms with E-state index in [0.29, 0.717) is 17.3 Å². The summed E-state index contributed by atoms with van der Waals surface area (Å²) in [5.74, 6) is 2.86. The maximum Gasteiger partial charge on any atom is 0.161 e. The van der Waals surface area contributed by atoms with Crippen molar-refractivity contribution in [1.29, 1.82) is 0 Å². The van der Waals surface area contributed by atoms with Crippen LogP contribution < -0.4 is 9.47 Å². The second kappa shape index (κ2) is 5.35. The fourth-order valence-electron chi connectivity index (χ4n) is 1.86. The van der Waals surface area contributed by atoms with E-state index in [2.05, 4.69) is 22.6 Å². The second-order valence-electron chi connectivity index (χ2n) is 3.88. The molecule has 18 heavy (non-hydrogen) atoms. The number of thiol groups is 1. The number of benzene rings is 1. The van der Waals surface area contributed by atoms with E-state index in [0.717, 1.165) is 22.8 Å². The Morgan fingerprint density at radius 3 is 2.50 bits per heavy atom. The van der Waals surface area contributed by atoms with Gasteiger partial charge in [-0.25, -0.2) is 4.98 Å². The Bertz CT molecular complexity index is 552. The molecule has 0 saturated carbocycles. The van der Waals surface area contributed by atoms with Crippen molar-refractivity contribution in [3.63, 3.8) is 0 Å². The van der Waals surface area contributed by atoms with Crippen molar-refractivity contribution >= 4 is 12.6 Å². The molecule has 5 heteroatoms. The molecule has 0 atom stereocenters. The third-order valence-electron chi connectivity index (χ3n) is 2.74. The Balaban J connectivity index is 2.47. The van der Waals surface area contributed by atoms with Crippen LogP contribution in [0.25, 0.3) is 11.3 Å². The summed E-state index contributed by atoms with van der Waals surface area (Å²) in [5.41, 5.74) is 2.93. The number of aryl methyl sites for hydroxylation is 1. The highest BCUT2D eigenvalue weighted by molar-refractivity contribution is 7.79. The zero-order valence-corrected chi connectivity index (χ0v) is 11.5. The largest absolute Gasteiger partial charge is 0.493 e. The van der Waals surface area contributed by atoms with Crippen LogP contribution in [0, 0.1) is 6.92 Å². The quantitative estimate of drug-likeness (QED) is 0.835. The Labute approximate surface area is 112 Å². The first kappa shape index (κ1) is 12.8. The van der Waals surface area contributed by atoms with Gasteiger partial charge in [-0.15, -0.1) is 0 Å². The predicted octanol–water partition coefficient (Wildman–Crippen LogP) is 2.83. The van der Waals surface area contributed by atoms with Crippen molar-refractivity contribution in [2.24, 2.45) is 0 Å². The summed E-state index contributed by atoms with van der Waals surface area (Å²) < 4.78 is 10.5. The Hall–Kier alpha value is -1.62. The predicted molar refractivity (Wildman–Crippen MR) is 74.6 cm³/mol. The van der Waals surface area contributed by atoms with Crippen molar-refractivity contribution in [2.45, 2.75) is 12.7 Å². The Kier molecular flexibility index (Phi) is 3.81. The number of hydrogen-bond donors (Lipinski definition) is 2. The van der Waals surface area contributed by atoms with Gasteiger partial charge in [0.05, 0.1) is 19.9 Å². The molecular formula is C13H16N2O2S. The molecule has 0 fully saturated rings. The lowest BCUT2D eigenvalue weighted by molar-refractivity contribution is 0.355. The summed E-state index contributed by atoms with van der Waals surface area (Å²) >= 11 is 4.21. The van der Waals surface area contributed by atoms with Crippen LogP contribution >= 0.6 is 12.6 Å². The zero-order valence-electron chi connectivity index (χ0n) is 10.7. The lowest BCUT2D eigenvalue weighted by atomic mass is 10.1. The summed E-state index contributed by atoms with van der Waals surface area (Å²) in [6.45, 7) is 1.99. The van der Waals surface area contributed by atoms with Gasteiger partial charge in [-0.2, -0.15) is 12.6 Å². The second-order valence-corrected chi connectivity index (χ2v) is 4.20. The Morgan fingerprint density at radius 2 is 1.94 bits per heavy atom. The first-order chi connectivity index (χ1) is 8.69. The molecule has 1 N–H and O–H groups in total. The molecule has 0 aliphatic heterocycles. The maximum absolute atomic E-state index is 5.29. The molecule has 0 aliphatic carbocycles. The molecule has 0 bridgehead atoms. The van der Waals surface area contributed by atoms with Gasteiger partial charge >= 0.3 is 0 Å². The van der Waals surface area contributed by atoms with Crippen molar-refractivity contribution < 1.29 is 9.47 Å². The van der Waals surface area contributed by atoms with Crippen molar-refractivity contribution in [2.75, 3.05) is 14.2 Å². The molecule has 0 amide bonds. The van der Waals surface area contributed by atoms with Crippen LogP contribution in [-0.2, 0) is 5.75 Å². The number of imidazole rings is 1. The number of hydrogen-bond acceptors (Lipinski definition) is 4. The van der Waals surface area contributed by atoms with Gasteiger partial charge in [0.25, 0.3) is 0 Å². The molecule has 4 nitrogen and oxygen atoms in total. The first-order valence-corrected chi connectivity index (χ1v) is 6.21. The van der Waals surface area contributed by atoms with Gasteiger partial charge in [0, 0.05) is 17.0 Å². The Morgan fingerprint density at radius 1 is 1.22 bits per heavy atom. The van der Waals surface area contributed by atoms with Crippen LogP contribution in [0.15, 0.2) is 18.2 Å². The maximum atomic E-state index is 5.29. The number of aromatic nitrogens is 2. The summed E-state index contributed by atoms with van der Waals surface area (Å²) in [7, 11) is 3.24.